The zero-order chi connectivity index (χ0) is 21.0. The lowest BCUT2D eigenvalue weighted by atomic mass is 10.00. The van der Waals surface area contributed by atoms with Crippen molar-refractivity contribution in [1.82, 2.24) is 4.90 Å². The molecule has 1 fully saturated rings. The van der Waals surface area contributed by atoms with Gasteiger partial charge in [-0.2, -0.15) is 0 Å². The van der Waals surface area contributed by atoms with E-state index in [-0.39, 0.29) is 5.91 Å². The minimum atomic E-state index is -3.64. The maximum absolute atomic E-state index is 13.0. The van der Waals surface area contributed by atoms with Gasteiger partial charge < -0.3 is 9.64 Å². The summed E-state index contributed by atoms with van der Waals surface area (Å²) in [4.78, 5) is 14.8. The van der Waals surface area contributed by atoms with Crippen LogP contribution in [-0.4, -0.2) is 44.6 Å². The largest absolute Gasteiger partial charge is 0.457 e. The number of hydrogen-bond donors (Lipinski definition) is 0. The molecule has 0 aliphatic carbocycles. The molecule has 0 spiro atoms. The first kappa shape index (κ1) is 21.2. The van der Waals surface area contributed by atoms with E-state index in [1.807, 2.05) is 30.3 Å². The normalized spacial score (nSPS) is 18.2. The van der Waals surface area contributed by atoms with E-state index in [1.54, 1.807) is 36.1 Å². The Morgan fingerprint density at radius 1 is 1.10 bits per heavy atom. The number of ether oxygens (including phenoxy) is 1. The molecule has 3 rings (SSSR count). The summed E-state index contributed by atoms with van der Waals surface area (Å²) in [5, 5.41) is 0. The molecule has 1 aliphatic rings. The fourth-order valence-electron chi connectivity index (χ4n) is 3.74. The first-order chi connectivity index (χ1) is 13.8. The third-order valence-corrected chi connectivity index (χ3v) is 6.35. The fraction of sp³-hybridized carbons (Fsp3) is 0.409. The SMILES string of the molecule is C[C@@H]1CCCN(C(=O)[C@H](C)N(c2ccc(Oc3ccccc3)cc2)S(C)(=O)=O)C1. The number of amides is 1. The van der Waals surface area contributed by atoms with Crippen molar-refractivity contribution in [2.75, 3.05) is 23.7 Å². The molecule has 1 aliphatic heterocycles. The molecular formula is C22H28N2O4S. The van der Waals surface area contributed by atoms with E-state index < -0.39 is 16.1 Å². The van der Waals surface area contributed by atoms with E-state index in [1.165, 1.54) is 4.31 Å². The molecule has 0 aromatic heterocycles. The maximum atomic E-state index is 13.0. The van der Waals surface area contributed by atoms with Gasteiger partial charge in [-0.3, -0.25) is 9.10 Å². The van der Waals surface area contributed by atoms with Crippen molar-refractivity contribution in [2.45, 2.75) is 32.7 Å². The van der Waals surface area contributed by atoms with E-state index in [0.717, 1.165) is 19.1 Å². The lowest BCUT2D eigenvalue weighted by molar-refractivity contribution is -0.133. The van der Waals surface area contributed by atoms with Crippen LogP contribution in [0.2, 0.25) is 0 Å². The lowest BCUT2D eigenvalue weighted by Crippen LogP contribution is -2.51. The molecule has 0 radical (unpaired) electrons. The molecule has 1 heterocycles. The monoisotopic (exact) mass is 416 g/mol. The Hall–Kier alpha value is -2.54. The second-order valence-corrected chi connectivity index (χ2v) is 9.53. The number of nitrogens with zero attached hydrogens (tertiary/aromatic N) is 2. The maximum Gasteiger partial charge on any atom is 0.246 e. The van der Waals surface area contributed by atoms with Gasteiger partial charge in [0.2, 0.25) is 15.9 Å². The summed E-state index contributed by atoms with van der Waals surface area (Å²) in [5.41, 5.74) is 0.443. The number of para-hydroxylation sites is 1. The van der Waals surface area contributed by atoms with Crippen LogP contribution in [-0.2, 0) is 14.8 Å². The molecule has 6 nitrogen and oxygen atoms in total. The number of benzene rings is 2. The smallest absolute Gasteiger partial charge is 0.246 e. The second kappa shape index (κ2) is 8.86. The molecule has 0 N–H and O–H groups in total. The van der Waals surface area contributed by atoms with Gasteiger partial charge >= 0.3 is 0 Å². The second-order valence-electron chi connectivity index (χ2n) is 7.68. The summed E-state index contributed by atoms with van der Waals surface area (Å²) in [6, 6.07) is 15.3. The summed E-state index contributed by atoms with van der Waals surface area (Å²) < 4.78 is 32.0. The zero-order valence-corrected chi connectivity index (χ0v) is 17.9. The molecule has 2 aromatic carbocycles. The van der Waals surface area contributed by atoms with E-state index in [4.69, 9.17) is 4.74 Å². The molecule has 0 bridgehead atoms. The number of carbonyl (C=O) groups excluding carboxylic acids is 1. The average Bonchev–Trinajstić information content (AvgIpc) is 2.68. The van der Waals surface area contributed by atoms with Crippen LogP contribution in [0.5, 0.6) is 11.5 Å². The molecule has 7 heteroatoms. The number of hydrogen-bond acceptors (Lipinski definition) is 4. The standard InChI is InChI=1S/C22H28N2O4S/c1-17-8-7-15-23(16-17)22(25)18(2)24(29(3,26)27)19-11-13-21(14-12-19)28-20-9-5-4-6-10-20/h4-6,9-14,17-18H,7-8,15-16H2,1-3H3/t17-,18+/m1/s1. The van der Waals surface area contributed by atoms with Crippen LogP contribution in [0.3, 0.4) is 0 Å². The van der Waals surface area contributed by atoms with Crippen molar-refractivity contribution in [3.05, 3.63) is 54.6 Å². The van der Waals surface area contributed by atoms with Gasteiger partial charge in [-0.1, -0.05) is 25.1 Å². The molecule has 29 heavy (non-hydrogen) atoms. The van der Waals surface area contributed by atoms with Gasteiger partial charge in [0.15, 0.2) is 0 Å². The van der Waals surface area contributed by atoms with E-state index in [9.17, 15) is 13.2 Å². The number of carbonyl (C=O) groups is 1. The summed E-state index contributed by atoms with van der Waals surface area (Å²) in [7, 11) is -3.64. The van der Waals surface area contributed by atoms with Crippen LogP contribution in [0.25, 0.3) is 0 Å². The number of piperidine rings is 1. The number of anilines is 1. The van der Waals surface area contributed by atoms with Gasteiger partial charge in [-0.25, -0.2) is 8.42 Å². The third kappa shape index (κ3) is 5.29. The minimum Gasteiger partial charge on any atom is -0.457 e. The van der Waals surface area contributed by atoms with Crippen molar-refractivity contribution >= 4 is 21.6 Å². The molecule has 2 atom stereocenters. The molecular weight excluding hydrogens is 388 g/mol. The molecule has 2 aromatic rings. The number of rotatable bonds is 6. The van der Waals surface area contributed by atoms with Crippen LogP contribution in [0.15, 0.2) is 54.6 Å². The van der Waals surface area contributed by atoms with Crippen molar-refractivity contribution in [1.29, 1.82) is 0 Å². The molecule has 0 unspecified atom stereocenters. The van der Waals surface area contributed by atoms with E-state index in [0.29, 0.717) is 36.2 Å². The van der Waals surface area contributed by atoms with Crippen molar-refractivity contribution in [3.63, 3.8) is 0 Å². The van der Waals surface area contributed by atoms with Crippen LogP contribution in [0, 0.1) is 5.92 Å². The Morgan fingerprint density at radius 3 is 2.31 bits per heavy atom. The van der Waals surface area contributed by atoms with Crippen LogP contribution >= 0.6 is 0 Å². The van der Waals surface area contributed by atoms with Crippen molar-refractivity contribution in [2.24, 2.45) is 5.92 Å². The molecule has 156 valence electrons. The first-order valence-electron chi connectivity index (χ1n) is 9.87. The Kier molecular flexibility index (Phi) is 6.47. The topological polar surface area (TPSA) is 66.9 Å². The summed E-state index contributed by atoms with van der Waals surface area (Å²) in [5.74, 6) is 1.56. The highest BCUT2D eigenvalue weighted by Crippen LogP contribution is 2.28. The van der Waals surface area contributed by atoms with Gasteiger partial charge in [-0.15, -0.1) is 0 Å². The fourth-order valence-corrected chi connectivity index (χ4v) is 4.91. The quantitative estimate of drug-likeness (QED) is 0.716. The van der Waals surface area contributed by atoms with Gasteiger partial charge in [0.05, 0.1) is 11.9 Å². The highest BCUT2D eigenvalue weighted by molar-refractivity contribution is 7.92. The Morgan fingerprint density at radius 2 is 1.72 bits per heavy atom. The lowest BCUT2D eigenvalue weighted by Gasteiger charge is -2.36. The highest BCUT2D eigenvalue weighted by Gasteiger charge is 2.33. The van der Waals surface area contributed by atoms with Gasteiger partial charge in [0.25, 0.3) is 0 Å². The predicted octanol–water partition coefficient (Wildman–Crippen LogP) is 3.89. The first-order valence-corrected chi connectivity index (χ1v) is 11.7. The van der Waals surface area contributed by atoms with Crippen molar-refractivity contribution in [3.8, 4) is 11.5 Å². The Bertz CT molecular complexity index is 929. The minimum absolute atomic E-state index is 0.161. The van der Waals surface area contributed by atoms with Crippen LogP contribution in [0.4, 0.5) is 5.69 Å². The molecule has 0 saturated carbocycles. The average molecular weight is 417 g/mol. The van der Waals surface area contributed by atoms with Gasteiger partial charge in [0.1, 0.15) is 17.5 Å². The van der Waals surface area contributed by atoms with Crippen LogP contribution in [0.1, 0.15) is 26.7 Å². The number of likely N-dealkylation sites (tertiary alicyclic amines) is 1. The number of sulfonamides is 1. The van der Waals surface area contributed by atoms with E-state index >= 15 is 0 Å². The summed E-state index contributed by atoms with van der Waals surface area (Å²) >= 11 is 0. The predicted molar refractivity (Wildman–Crippen MR) is 115 cm³/mol. The summed E-state index contributed by atoms with van der Waals surface area (Å²) in [6.45, 7) is 5.11. The van der Waals surface area contributed by atoms with Crippen molar-refractivity contribution < 1.29 is 17.9 Å². The van der Waals surface area contributed by atoms with Crippen LogP contribution < -0.4 is 9.04 Å². The molecule has 1 amide bonds. The van der Waals surface area contributed by atoms with Gasteiger partial charge in [-0.05, 0) is 62.1 Å². The van der Waals surface area contributed by atoms with E-state index in [2.05, 4.69) is 6.92 Å². The third-order valence-electron chi connectivity index (χ3n) is 5.11. The molecule has 1 saturated heterocycles. The Balaban J connectivity index is 1.80. The van der Waals surface area contributed by atoms with Gasteiger partial charge in [0, 0.05) is 13.1 Å². The highest BCUT2D eigenvalue weighted by atomic mass is 32.2. The zero-order valence-electron chi connectivity index (χ0n) is 17.1. The summed E-state index contributed by atoms with van der Waals surface area (Å²) in [6.07, 6.45) is 3.17. The Labute approximate surface area is 173 Å².